The first kappa shape index (κ1) is 20.1. The first-order valence-electron chi connectivity index (χ1n) is 9.24. The molecule has 2 heterocycles. The van der Waals surface area contributed by atoms with Gasteiger partial charge in [0.1, 0.15) is 11.8 Å². The van der Waals surface area contributed by atoms with Crippen LogP contribution in [0.4, 0.5) is 0 Å². The average Bonchev–Trinajstić information content (AvgIpc) is 3.31. The van der Waals surface area contributed by atoms with Gasteiger partial charge in [-0.2, -0.15) is 0 Å². The summed E-state index contributed by atoms with van der Waals surface area (Å²) in [6, 6.07) is 8.25. The molecule has 1 spiro atoms. The fourth-order valence-electron chi connectivity index (χ4n) is 3.33. The second-order valence-electron chi connectivity index (χ2n) is 6.73. The molecule has 2 fully saturated rings. The highest BCUT2D eigenvalue weighted by Crippen LogP contribution is 2.34. The molecule has 1 aromatic carbocycles. The van der Waals surface area contributed by atoms with E-state index in [9.17, 15) is 19.5 Å². The number of carbonyl (C=O) groups is 3. The molecule has 28 heavy (non-hydrogen) atoms. The number of rotatable bonds is 8. The smallest absolute Gasteiger partial charge is 0.326 e. The summed E-state index contributed by atoms with van der Waals surface area (Å²) in [5.41, 5.74) is 0. The van der Waals surface area contributed by atoms with Gasteiger partial charge in [-0.05, 0) is 18.6 Å². The zero-order valence-electron chi connectivity index (χ0n) is 15.5. The van der Waals surface area contributed by atoms with Crippen molar-refractivity contribution < 1.29 is 33.7 Å². The third-order valence-electron chi connectivity index (χ3n) is 4.71. The predicted molar refractivity (Wildman–Crippen MR) is 96.6 cm³/mol. The van der Waals surface area contributed by atoms with E-state index in [1.54, 1.807) is 0 Å². The molecular weight excluding hydrogens is 368 g/mol. The van der Waals surface area contributed by atoms with Gasteiger partial charge in [0.15, 0.2) is 5.79 Å². The Morgan fingerprint density at radius 3 is 2.61 bits per heavy atom. The maximum Gasteiger partial charge on any atom is 0.326 e. The summed E-state index contributed by atoms with van der Waals surface area (Å²) < 4.78 is 16.5. The van der Waals surface area contributed by atoms with Crippen molar-refractivity contribution >= 4 is 17.8 Å². The number of nitrogens with zero attached hydrogens (tertiary/aromatic N) is 1. The van der Waals surface area contributed by atoms with Gasteiger partial charge in [-0.25, -0.2) is 4.79 Å². The Labute approximate surface area is 162 Å². The molecule has 0 aliphatic carbocycles. The predicted octanol–water partition coefficient (Wildman–Crippen LogP) is 0.390. The molecule has 9 nitrogen and oxygen atoms in total. The monoisotopic (exact) mass is 392 g/mol. The number of hydrogen-bond donors (Lipinski definition) is 2. The van der Waals surface area contributed by atoms with Crippen LogP contribution in [0.15, 0.2) is 30.3 Å². The van der Waals surface area contributed by atoms with Gasteiger partial charge in [0, 0.05) is 12.8 Å². The van der Waals surface area contributed by atoms with Gasteiger partial charge >= 0.3 is 5.97 Å². The van der Waals surface area contributed by atoms with Gasteiger partial charge in [-0.3, -0.25) is 9.59 Å². The maximum atomic E-state index is 12.4. The molecule has 0 saturated carbocycles. The minimum atomic E-state index is -1.12. The van der Waals surface area contributed by atoms with E-state index in [1.807, 2.05) is 30.3 Å². The molecule has 2 aliphatic rings. The average molecular weight is 392 g/mol. The Bertz CT molecular complexity index is 703. The van der Waals surface area contributed by atoms with E-state index < -0.39 is 23.7 Å². The highest BCUT2D eigenvalue weighted by molar-refractivity contribution is 5.88. The van der Waals surface area contributed by atoms with E-state index in [1.165, 1.54) is 4.90 Å². The van der Waals surface area contributed by atoms with Crippen LogP contribution in [0.5, 0.6) is 5.75 Å². The van der Waals surface area contributed by atoms with Crippen LogP contribution in [-0.4, -0.2) is 72.5 Å². The van der Waals surface area contributed by atoms with Crippen LogP contribution in [0, 0.1) is 0 Å². The SMILES string of the molecule is O=C(CCCOc1ccccc1)NCC(=O)N1CC2(C[C@H]1C(=O)O)OCCO2. The van der Waals surface area contributed by atoms with Crippen LogP contribution in [0.3, 0.4) is 0 Å². The number of para-hydroxylation sites is 1. The molecule has 3 rings (SSSR count). The number of amides is 2. The third-order valence-corrected chi connectivity index (χ3v) is 4.71. The fourth-order valence-corrected chi connectivity index (χ4v) is 3.33. The van der Waals surface area contributed by atoms with Crippen LogP contribution >= 0.6 is 0 Å². The number of ether oxygens (including phenoxy) is 3. The van der Waals surface area contributed by atoms with Gasteiger partial charge in [0.05, 0.1) is 32.9 Å². The standard InChI is InChI=1S/C19H24N2O7/c22-16(7-4-8-26-14-5-2-1-3-6-14)20-12-17(23)21-13-19(27-9-10-28-19)11-15(21)18(24)25/h1-3,5-6,15H,4,7-13H2,(H,20,22)(H,24,25)/t15-/m0/s1. The molecule has 2 aliphatic heterocycles. The molecule has 0 unspecified atom stereocenters. The topological polar surface area (TPSA) is 114 Å². The molecule has 2 N–H and O–H groups in total. The molecule has 2 saturated heterocycles. The number of aliphatic carboxylic acids is 1. The largest absolute Gasteiger partial charge is 0.494 e. The van der Waals surface area contributed by atoms with Crippen LogP contribution in [0.2, 0.25) is 0 Å². The summed E-state index contributed by atoms with van der Waals surface area (Å²) in [6.45, 7) is 0.907. The number of likely N-dealkylation sites (tertiary alicyclic amines) is 1. The summed E-state index contributed by atoms with van der Waals surface area (Å²) in [4.78, 5) is 37.0. The lowest BCUT2D eigenvalue weighted by molar-refractivity contribution is -0.152. The Balaban J connectivity index is 1.40. The van der Waals surface area contributed by atoms with Crippen LogP contribution in [-0.2, 0) is 23.9 Å². The van der Waals surface area contributed by atoms with Crippen molar-refractivity contribution in [2.45, 2.75) is 31.1 Å². The molecule has 9 heteroatoms. The van der Waals surface area contributed by atoms with Crippen molar-refractivity contribution in [3.05, 3.63) is 30.3 Å². The van der Waals surface area contributed by atoms with Gasteiger partial charge < -0.3 is 29.5 Å². The number of carboxylic acids is 1. The Hall–Kier alpha value is -2.65. The Morgan fingerprint density at radius 2 is 1.93 bits per heavy atom. The summed E-state index contributed by atoms with van der Waals surface area (Å²) >= 11 is 0. The van der Waals surface area contributed by atoms with Crippen LogP contribution in [0.25, 0.3) is 0 Å². The van der Waals surface area contributed by atoms with Gasteiger partial charge in [-0.15, -0.1) is 0 Å². The molecule has 2 amide bonds. The number of benzene rings is 1. The lowest BCUT2D eigenvalue weighted by Gasteiger charge is -2.23. The van der Waals surface area contributed by atoms with Crippen molar-refractivity contribution in [1.82, 2.24) is 10.2 Å². The minimum Gasteiger partial charge on any atom is -0.494 e. The van der Waals surface area contributed by atoms with Gasteiger partial charge in [0.2, 0.25) is 11.8 Å². The van der Waals surface area contributed by atoms with Crippen molar-refractivity contribution in [2.75, 3.05) is 32.9 Å². The van der Waals surface area contributed by atoms with Crippen molar-refractivity contribution in [3.8, 4) is 5.75 Å². The Morgan fingerprint density at radius 1 is 1.21 bits per heavy atom. The maximum absolute atomic E-state index is 12.4. The molecule has 0 bridgehead atoms. The third kappa shape index (κ3) is 4.99. The molecule has 1 atom stereocenters. The first-order valence-corrected chi connectivity index (χ1v) is 9.24. The van der Waals surface area contributed by atoms with Gasteiger partial charge in [-0.1, -0.05) is 18.2 Å². The van der Waals surface area contributed by atoms with E-state index in [2.05, 4.69) is 5.32 Å². The normalized spacial score (nSPS) is 20.3. The molecule has 0 radical (unpaired) electrons. The molecule has 1 aromatic rings. The first-order chi connectivity index (χ1) is 13.5. The van der Waals surface area contributed by atoms with E-state index in [-0.39, 0.29) is 31.8 Å². The van der Waals surface area contributed by atoms with Crippen molar-refractivity contribution in [1.29, 1.82) is 0 Å². The second-order valence-corrected chi connectivity index (χ2v) is 6.73. The number of nitrogens with one attached hydrogen (secondary N) is 1. The van der Waals surface area contributed by atoms with E-state index in [0.29, 0.717) is 26.2 Å². The van der Waals surface area contributed by atoms with Crippen molar-refractivity contribution in [2.24, 2.45) is 0 Å². The summed E-state index contributed by atoms with van der Waals surface area (Å²) in [5.74, 6) is -2.19. The number of carboxylic acid groups (broad SMARTS) is 1. The highest BCUT2D eigenvalue weighted by atomic mass is 16.7. The van der Waals surface area contributed by atoms with Gasteiger partial charge in [0.25, 0.3) is 0 Å². The molecular formula is C19H24N2O7. The lowest BCUT2D eigenvalue weighted by atomic mass is 10.1. The van der Waals surface area contributed by atoms with Crippen LogP contribution in [0.1, 0.15) is 19.3 Å². The lowest BCUT2D eigenvalue weighted by Crippen LogP contribution is -2.46. The van der Waals surface area contributed by atoms with E-state index in [0.717, 1.165) is 5.75 Å². The quantitative estimate of drug-likeness (QED) is 0.615. The number of hydrogen-bond acceptors (Lipinski definition) is 6. The second kappa shape index (κ2) is 9.03. The highest BCUT2D eigenvalue weighted by Gasteiger charge is 2.52. The van der Waals surface area contributed by atoms with Crippen molar-refractivity contribution in [3.63, 3.8) is 0 Å². The minimum absolute atomic E-state index is 0.0452. The zero-order valence-corrected chi connectivity index (χ0v) is 15.5. The summed E-state index contributed by atoms with van der Waals surface area (Å²) in [5, 5.41) is 11.9. The zero-order chi connectivity index (χ0) is 20.0. The number of carbonyl (C=O) groups excluding carboxylic acids is 2. The fraction of sp³-hybridized carbons (Fsp3) is 0.526. The Kier molecular flexibility index (Phi) is 6.48. The van der Waals surface area contributed by atoms with Crippen LogP contribution < -0.4 is 10.1 Å². The molecule has 0 aromatic heterocycles. The summed E-state index contributed by atoms with van der Waals surface area (Å²) in [6.07, 6.45) is 0.790. The van der Waals surface area contributed by atoms with E-state index >= 15 is 0 Å². The van der Waals surface area contributed by atoms with E-state index in [4.69, 9.17) is 14.2 Å². The molecule has 152 valence electrons. The summed E-state index contributed by atoms with van der Waals surface area (Å²) in [7, 11) is 0.